The highest BCUT2D eigenvalue weighted by Gasteiger charge is 2.15. The standard InChI is InChI=1S/C20H41NO3/c1-2-3-4-5-6-7-8-9-10-11-12-13-14-15-16-17-18-19(21-24)20(22)23/h19-20,22-23H,2-18H2,1H3. The lowest BCUT2D eigenvalue weighted by Crippen LogP contribution is -2.22. The molecule has 1 unspecified atom stereocenters. The number of aliphatic hydroxyl groups is 2. The van der Waals surface area contributed by atoms with Crippen LogP contribution in [0.4, 0.5) is 0 Å². The smallest absolute Gasteiger partial charge is 0.177 e. The highest BCUT2D eigenvalue weighted by atomic mass is 16.5. The minimum Gasteiger partial charge on any atom is -0.366 e. The Bertz CT molecular complexity index is 259. The summed E-state index contributed by atoms with van der Waals surface area (Å²) in [6, 6.07) is -0.850. The van der Waals surface area contributed by atoms with E-state index in [1.165, 1.54) is 89.9 Å². The van der Waals surface area contributed by atoms with Crippen molar-refractivity contribution >= 4 is 0 Å². The third-order valence-corrected chi connectivity index (χ3v) is 4.83. The van der Waals surface area contributed by atoms with Crippen molar-refractivity contribution in [3.05, 3.63) is 4.91 Å². The summed E-state index contributed by atoms with van der Waals surface area (Å²) in [5.74, 6) is 0. The van der Waals surface area contributed by atoms with E-state index < -0.39 is 12.3 Å². The highest BCUT2D eigenvalue weighted by Crippen LogP contribution is 2.15. The fourth-order valence-electron chi connectivity index (χ4n) is 3.16. The van der Waals surface area contributed by atoms with E-state index in [2.05, 4.69) is 12.1 Å². The van der Waals surface area contributed by atoms with Gasteiger partial charge in [0.25, 0.3) is 0 Å². The molecule has 0 rings (SSSR count). The van der Waals surface area contributed by atoms with Crippen molar-refractivity contribution in [2.24, 2.45) is 5.18 Å². The number of hydrogen-bond acceptors (Lipinski definition) is 4. The van der Waals surface area contributed by atoms with Gasteiger partial charge in [-0.2, -0.15) is 4.91 Å². The van der Waals surface area contributed by atoms with Crippen molar-refractivity contribution in [1.82, 2.24) is 0 Å². The molecule has 4 nitrogen and oxygen atoms in total. The number of nitroso groups, excluding NO2 is 1. The Hall–Kier alpha value is -0.480. The third-order valence-electron chi connectivity index (χ3n) is 4.83. The Morgan fingerprint density at radius 2 is 0.958 bits per heavy atom. The molecule has 0 fully saturated rings. The van der Waals surface area contributed by atoms with Gasteiger partial charge < -0.3 is 10.2 Å². The van der Waals surface area contributed by atoms with Gasteiger partial charge in [0.15, 0.2) is 6.29 Å². The van der Waals surface area contributed by atoms with Gasteiger partial charge in [-0.3, -0.25) is 0 Å². The number of unbranched alkanes of at least 4 members (excludes halogenated alkanes) is 15. The Morgan fingerprint density at radius 1 is 0.625 bits per heavy atom. The Balaban J connectivity index is 3.11. The van der Waals surface area contributed by atoms with E-state index in [9.17, 15) is 4.91 Å². The van der Waals surface area contributed by atoms with E-state index in [4.69, 9.17) is 10.2 Å². The second-order valence-corrected chi connectivity index (χ2v) is 7.18. The molecular weight excluding hydrogens is 302 g/mol. The zero-order valence-corrected chi connectivity index (χ0v) is 15.9. The van der Waals surface area contributed by atoms with Crippen LogP contribution >= 0.6 is 0 Å². The lowest BCUT2D eigenvalue weighted by atomic mass is 10.0. The molecule has 24 heavy (non-hydrogen) atoms. The lowest BCUT2D eigenvalue weighted by Gasteiger charge is -2.10. The maximum atomic E-state index is 10.4. The minimum atomic E-state index is -1.60. The van der Waals surface area contributed by atoms with Crippen LogP contribution < -0.4 is 0 Å². The van der Waals surface area contributed by atoms with Crippen molar-refractivity contribution < 1.29 is 10.2 Å². The number of aliphatic hydroxyl groups excluding tert-OH is 1. The molecule has 0 aromatic heterocycles. The van der Waals surface area contributed by atoms with E-state index in [-0.39, 0.29) is 0 Å². The van der Waals surface area contributed by atoms with Crippen LogP contribution in [0.2, 0.25) is 0 Å². The second kappa shape index (κ2) is 18.9. The molecule has 0 amide bonds. The largest absolute Gasteiger partial charge is 0.366 e. The lowest BCUT2D eigenvalue weighted by molar-refractivity contribution is -0.0596. The minimum absolute atomic E-state index is 0.486. The quantitative estimate of drug-likeness (QED) is 0.169. The van der Waals surface area contributed by atoms with Crippen molar-refractivity contribution in [2.45, 2.75) is 128 Å². The fraction of sp³-hybridized carbons (Fsp3) is 1.00. The Morgan fingerprint density at radius 3 is 1.25 bits per heavy atom. The molecule has 0 radical (unpaired) electrons. The molecule has 0 aliphatic carbocycles. The maximum Gasteiger partial charge on any atom is 0.177 e. The monoisotopic (exact) mass is 343 g/mol. The summed E-state index contributed by atoms with van der Waals surface area (Å²) >= 11 is 0. The molecule has 144 valence electrons. The summed E-state index contributed by atoms with van der Waals surface area (Å²) in [6.45, 7) is 2.27. The number of hydrogen-bond donors (Lipinski definition) is 2. The number of rotatable bonds is 19. The highest BCUT2D eigenvalue weighted by molar-refractivity contribution is 4.67. The molecule has 0 bridgehead atoms. The van der Waals surface area contributed by atoms with Crippen molar-refractivity contribution in [3.63, 3.8) is 0 Å². The zero-order chi connectivity index (χ0) is 17.9. The van der Waals surface area contributed by atoms with E-state index in [0.717, 1.165) is 12.8 Å². The molecule has 4 heteroatoms. The first-order chi connectivity index (χ1) is 11.7. The summed E-state index contributed by atoms with van der Waals surface area (Å²) in [7, 11) is 0. The van der Waals surface area contributed by atoms with Gasteiger partial charge in [0.2, 0.25) is 0 Å². The second-order valence-electron chi connectivity index (χ2n) is 7.18. The average Bonchev–Trinajstić information content (AvgIpc) is 2.57. The predicted octanol–water partition coefficient (Wildman–Crippen LogP) is 6.08. The third kappa shape index (κ3) is 16.4. The SMILES string of the molecule is CCCCCCCCCCCCCCCCCCC(N=O)C(O)O. The van der Waals surface area contributed by atoms with Gasteiger partial charge >= 0.3 is 0 Å². The van der Waals surface area contributed by atoms with Crippen LogP contribution in [0.5, 0.6) is 0 Å². The van der Waals surface area contributed by atoms with Crippen LogP contribution in [-0.4, -0.2) is 22.5 Å². The molecule has 2 N–H and O–H groups in total. The summed E-state index contributed by atoms with van der Waals surface area (Å²) in [4.78, 5) is 10.4. The Kier molecular flexibility index (Phi) is 18.5. The fourth-order valence-corrected chi connectivity index (χ4v) is 3.16. The number of nitrogens with zero attached hydrogens (tertiary/aromatic N) is 1. The summed E-state index contributed by atoms with van der Waals surface area (Å²) in [5, 5.41) is 20.5. The van der Waals surface area contributed by atoms with E-state index >= 15 is 0 Å². The van der Waals surface area contributed by atoms with Crippen LogP contribution in [-0.2, 0) is 0 Å². The van der Waals surface area contributed by atoms with Gasteiger partial charge in [-0.05, 0) is 6.42 Å². The molecular formula is C20H41NO3. The molecule has 0 saturated heterocycles. The first-order valence-electron chi connectivity index (χ1n) is 10.4. The van der Waals surface area contributed by atoms with Crippen molar-refractivity contribution in [3.8, 4) is 0 Å². The van der Waals surface area contributed by atoms with Crippen LogP contribution in [0, 0.1) is 4.91 Å². The van der Waals surface area contributed by atoms with Gasteiger partial charge in [0.05, 0.1) is 0 Å². The normalized spacial score (nSPS) is 12.7. The summed E-state index contributed by atoms with van der Waals surface area (Å²) < 4.78 is 0. The molecule has 0 aliphatic heterocycles. The maximum absolute atomic E-state index is 10.4. The Labute approximate surface area is 149 Å². The van der Waals surface area contributed by atoms with Crippen LogP contribution in [0.25, 0.3) is 0 Å². The van der Waals surface area contributed by atoms with Gasteiger partial charge in [-0.1, -0.05) is 115 Å². The van der Waals surface area contributed by atoms with Gasteiger partial charge in [0.1, 0.15) is 6.04 Å². The van der Waals surface area contributed by atoms with Crippen molar-refractivity contribution in [1.29, 1.82) is 0 Å². The summed E-state index contributed by atoms with van der Waals surface area (Å²) in [6.07, 6.45) is 19.8. The molecule has 1 atom stereocenters. The first kappa shape index (κ1) is 23.5. The average molecular weight is 344 g/mol. The van der Waals surface area contributed by atoms with Gasteiger partial charge in [0, 0.05) is 0 Å². The topological polar surface area (TPSA) is 69.9 Å². The van der Waals surface area contributed by atoms with E-state index in [1.807, 2.05) is 0 Å². The van der Waals surface area contributed by atoms with Crippen LogP contribution in [0.3, 0.4) is 0 Å². The van der Waals surface area contributed by atoms with Gasteiger partial charge in [-0.25, -0.2) is 0 Å². The van der Waals surface area contributed by atoms with E-state index in [0.29, 0.717) is 6.42 Å². The van der Waals surface area contributed by atoms with Crippen LogP contribution in [0.15, 0.2) is 5.18 Å². The zero-order valence-electron chi connectivity index (χ0n) is 15.9. The van der Waals surface area contributed by atoms with Crippen LogP contribution in [0.1, 0.15) is 116 Å². The van der Waals surface area contributed by atoms with Crippen molar-refractivity contribution in [2.75, 3.05) is 0 Å². The molecule has 0 aromatic carbocycles. The molecule has 0 spiro atoms. The molecule has 0 aromatic rings. The summed E-state index contributed by atoms with van der Waals surface area (Å²) in [5.41, 5.74) is 0. The molecule has 0 saturated carbocycles. The first-order valence-corrected chi connectivity index (χ1v) is 10.4. The molecule has 0 aliphatic rings. The molecule has 0 heterocycles. The van der Waals surface area contributed by atoms with E-state index in [1.54, 1.807) is 0 Å². The predicted molar refractivity (Wildman–Crippen MR) is 102 cm³/mol. The van der Waals surface area contributed by atoms with Gasteiger partial charge in [-0.15, -0.1) is 0 Å².